The van der Waals surface area contributed by atoms with Crippen LogP contribution in [0.5, 0.6) is 0 Å². The summed E-state index contributed by atoms with van der Waals surface area (Å²) in [6, 6.07) is 12.0. The van der Waals surface area contributed by atoms with Crippen LogP contribution >= 0.6 is 0 Å². The van der Waals surface area contributed by atoms with Crippen LogP contribution in [0.3, 0.4) is 0 Å². The molecule has 1 unspecified atom stereocenters. The Morgan fingerprint density at radius 3 is 2.40 bits per heavy atom. The van der Waals surface area contributed by atoms with E-state index in [1.54, 1.807) is 7.05 Å². The van der Waals surface area contributed by atoms with Crippen molar-refractivity contribution in [2.45, 2.75) is 18.9 Å². The van der Waals surface area contributed by atoms with E-state index in [-0.39, 0.29) is 25.4 Å². The molecule has 1 atom stereocenters. The smallest absolute Gasteiger partial charge is 0.293 e. The van der Waals surface area contributed by atoms with E-state index in [9.17, 15) is 18.4 Å². The number of rotatable bonds is 8. The lowest BCUT2D eigenvalue weighted by molar-refractivity contribution is -0.138. The first-order valence-corrected chi connectivity index (χ1v) is 7.82. The van der Waals surface area contributed by atoms with E-state index >= 15 is 0 Å². The summed E-state index contributed by atoms with van der Waals surface area (Å²) >= 11 is 0. The van der Waals surface area contributed by atoms with Crippen LogP contribution < -0.4 is 0 Å². The molecule has 0 bridgehead atoms. The Morgan fingerprint density at radius 2 is 1.80 bits per heavy atom. The molecular weight excluding hydrogens is 328 g/mol. The van der Waals surface area contributed by atoms with Gasteiger partial charge in [0, 0.05) is 19.5 Å². The second kappa shape index (κ2) is 8.92. The molecule has 2 aromatic rings. The summed E-state index contributed by atoms with van der Waals surface area (Å²) in [6.07, 6.45) is 0.303. The second-order valence-electron chi connectivity index (χ2n) is 5.64. The van der Waals surface area contributed by atoms with Crippen LogP contribution in [0, 0.1) is 11.6 Å². The van der Waals surface area contributed by atoms with Crippen molar-refractivity contribution in [3.63, 3.8) is 0 Å². The maximum atomic E-state index is 13.2. The van der Waals surface area contributed by atoms with Crippen LogP contribution in [0.1, 0.15) is 23.6 Å². The number of aryl methyl sites for hydroxylation is 1. The highest BCUT2D eigenvalue weighted by molar-refractivity contribution is 5.76. The van der Waals surface area contributed by atoms with E-state index in [0.717, 1.165) is 11.6 Å². The normalized spacial score (nSPS) is 11.6. The van der Waals surface area contributed by atoms with Crippen molar-refractivity contribution in [1.82, 2.24) is 4.90 Å². The molecule has 4 nitrogen and oxygen atoms in total. The average Bonchev–Trinajstić information content (AvgIpc) is 2.60. The van der Waals surface area contributed by atoms with Gasteiger partial charge in [-0.15, -0.1) is 0 Å². The fraction of sp³-hybridized carbons (Fsp3) is 0.263. The van der Waals surface area contributed by atoms with Gasteiger partial charge >= 0.3 is 0 Å². The summed E-state index contributed by atoms with van der Waals surface area (Å²) < 4.78 is 31.3. The number of hydrogen-bond donors (Lipinski definition) is 0. The number of benzene rings is 2. The molecule has 0 aromatic heterocycles. The van der Waals surface area contributed by atoms with E-state index < -0.39 is 17.7 Å². The standard InChI is InChI=1S/C19H19F2NO3/c1-22(18(12-25-13-23)15-5-3-2-4-6-15)19(24)8-7-14-9-16(20)11-17(21)10-14/h2-6,9-11,13,18H,7-8,12H2,1H3. The molecule has 0 spiro atoms. The molecule has 0 fully saturated rings. The molecule has 0 heterocycles. The van der Waals surface area contributed by atoms with Crippen LogP contribution in [0.2, 0.25) is 0 Å². The summed E-state index contributed by atoms with van der Waals surface area (Å²) in [5.41, 5.74) is 1.25. The first-order chi connectivity index (χ1) is 12.0. The zero-order chi connectivity index (χ0) is 18.2. The predicted molar refractivity (Wildman–Crippen MR) is 88.6 cm³/mol. The Hall–Kier alpha value is -2.76. The predicted octanol–water partition coefficient (Wildman–Crippen LogP) is 3.27. The van der Waals surface area contributed by atoms with Gasteiger partial charge in [-0.3, -0.25) is 9.59 Å². The number of carbonyl (C=O) groups is 2. The molecule has 132 valence electrons. The molecule has 0 aliphatic heterocycles. The minimum absolute atomic E-state index is 0.0321. The van der Waals surface area contributed by atoms with E-state index in [1.807, 2.05) is 30.3 Å². The number of halogens is 2. The number of carbonyl (C=O) groups excluding carboxylic acids is 2. The SMILES string of the molecule is CN(C(=O)CCc1cc(F)cc(F)c1)C(COC=O)c1ccccc1. The van der Waals surface area contributed by atoms with Crippen molar-refractivity contribution >= 4 is 12.4 Å². The Labute approximate surface area is 145 Å². The average molecular weight is 347 g/mol. The van der Waals surface area contributed by atoms with Gasteiger partial charge in [-0.2, -0.15) is 0 Å². The summed E-state index contributed by atoms with van der Waals surface area (Å²) in [4.78, 5) is 24.5. The van der Waals surface area contributed by atoms with Crippen LogP contribution in [0.4, 0.5) is 8.78 Å². The molecular formula is C19H19F2NO3. The second-order valence-corrected chi connectivity index (χ2v) is 5.64. The van der Waals surface area contributed by atoms with Gasteiger partial charge in [0.1, 0.15) is 18.2 Å². The molecule has 2 rings (SSSR count). The Bertz CT molecular complexity index is 702. The fourth-order valence-corrected chi connectivity index (χ4v) is 2.59. The van der Waals surface area contributed by atoms with Crippen LogP contribution in [0.15, 0.2) is 48.5 Å². The molecule has 6 heteroatoms. The van der Waals surface area contributed by atoms with Gasteiger partial charge in [0.15, 0.2) is 0 Å². The number of likely N-dealkylation sites (N-methyl/N-ethyl adjacent to an activating group) is 1. The van der Waals surface area contributed by atoms with Gasteiger partial charge in [-0.1, -0.05) is 30.3 Å². The molecule has 2 aromatic carbocycles. The zero-order valence-electron chi connectivity index (χ0n) is 13.8. The van der Waals surface area contributed by atoms with Gasteiger partial charge in [0.2, 0.25) is 5.91 Å². The quantitative estimate of drug-likeness (QED) is 0.689. The lowest BCUT2D eigenvalue weighted by Crippen LogP contribution is -2.34. The monoisotopic (exact) mass is 347 g/mol. The van der Waals surface area contributed by atoms with E-state index in [4.69, 9.17) is 4.74 Å². The summed E-state index contributed by atoms with van der Waals surface area (Å²) in [5, 5.41) is 0. The largest absolute Gasteiger partial charge is 0.465 e. The number of amides is 1. The Kier molecular flexibility index (Phi) is 6.62. The molecule has 25 heavy (non-hydrogen) atoms. The van der Waals surface area contributed by atoms with Crippen molar-refractivity contribution in [2.24, 2.45) is 0 Å². The Morgan fingerprint density at radius 1 is 1.16 bits per heavy atom. The third-order valence-electron chi connectivity index (χ3n) is 3.92. The molecule has 0 saturated carbocycles. The molecule has 0 N–H and O–H groups in total. The van der Waals surface area contributed by atoms with Gasteiger partial charge < -0.3 is 9.64 Å². The number of hydrogen-bond acceptors (Lipinski definition) is 3. The van der Waals surface area contributed by atoms with Gasteiger partial charge in [-0.05, 0) is 29.7 Å². The first kappa shape index (κ1) is 18.6. The highest BCUT2D eigenvalue weighted by Gasteiger charge is 2.22. The Balaban J connectivity index is 2.05. The van der Waals surface area contributed by atoms with Gasteiger partial charge in [-0.25, -0.2) is 8.78 Å². The van der Waals surface area contributed by atoms with E-state index in [1.165, 1.54) is 17.0 Å². The van der Waals surface area contributed by atoms with Gasteiger partial charge in [0.25, 0.3) is 6.47 Å². The molecule has 0 aliphatic carbocycles. The molecule has 0 aliphatic rings. The van der Waals surface area contributed by atoms with Crippen LogP contribution in [0.25, 0.3) is 0 Å². The topological polar surface area (TPSA) is 46.6 Å². The van der Waals surface area contributed by atoms with Crippen LogP contribution in [-0.4, -0.2) is 30.9 Å². The van der Waals surface area contributed by atoms with Crippen molar-refractivity contribution in [1.29, 1.82) is 0 Å². The lowest BCUT2D eigenvalue weighted by atomic mass is 10.0. The lowest BCUT2D eigenvalue weighted by Gasteiger charge is -2.28. The third-order valence-corrected chi connectivity index (χ3v) is 3.92. The van der Waals surface area contributed by atoms with Gasteiger partial charge in [0.05, 0.1) is 6.04 Å². The molecule has 0 saturated heterocycles. The summed E-state index contributed by atoms with van der Waals surface area (Å²) in [6.45, 7) is 0.369. The number of ether oxygens (including phenoxy) is 1. The van der Waals surface area contributed by atoms with Crippen molar-refractivity contribution in [2.75, 3.05) is 13.7 Å². The minimum Gasteiger partial charge on any atom is -0.465 e. The maximum absolute atomic E-state index is 13.2. The zero-order valence-corrected chi connectivity index (χ0v) is 13.8. The first-order valence-electron chi connectivity index (χ1n) is 7.82. The van der Waals surface area contributed by atoms with Crippen molar-refractivity contribution in [3.8, 4) is 0 Å². The minimum atomic E-state index is -0.669. The third kappa shape index (κ3) is 5.38. The summed E-state index contributed by atoms with van der Waals surface area (Å²) in [7, 11) is 1.61. The summed E-state index contributed by atoms with van der Waals surface area (Å²) in [5.74, 6) is -1.55. The highest BCUT2D eigenvalue weighted by atomic mass is 19.1. The van der Waals surface area contributed by atoms with Crippen LogP contribution in [-0.2, 0) is 20.7 Å². The van der Waals surface area contributed by atoms with Crippen molar-refractivity contribution in [3.05, 3.63) is 71.3 Å². The fourth-order valence-electron chi connectivity index (χ4n) is 2.59. The molecule has 1 amide bonds. The highest BCUT2D eigenvalue weighted by Crippen LogP contribution is 2.21. The number of nitrogens with zero attached hydrogens (tertiary/aromatic N) is 1. The van der Waals surface area contributed by atoms with E-state index in [2.05, 4.69) is 0 Å². The maximum Gasteiger partial charge on any atom is 0.293 e. The molecule has 0 radical (unpaired) electrons. The van der Waals surface area contributed by atoms with Crippen molar-refractivity contribution < 1.29 is 23.1 Å². The van der Waals surface area contributed by atoms with E-state index in [0.29, 0.717) is 12.0 Å².